The van der Waals surface area contributed by atoms with Crippen LogP contribution in [-0.2, 0) is 14.3 Å². The Morgan fingerprint density at radius 1 is 1.26 bits per heavy atom. The lowest BCUT2D eigenvalue weighted by Crippen LogP contribution is -2.46. The van der Waals surface area contributed by atoms with Gasteiger partial charge in [-0.1, -0.05) is 11.8 Å². The molecule has 1 atom stereocenters. The number of nitrogens with zero attached hydrogens (tertiary/aromatic N) is 1. The predicted molar refractivity (Wildman–Crippen MR) is 129 cm³/mol. The smallest absolute Gasteiger partial charge is 0.252 e. The molecular weight excluding hydrogens is 450 g/mol. The summed E-state index contributed by atoms with van der Waals surface area (Å²) in [6, 6.07) is 3.33. The van der Waals surface area contributed by atoms with E-state index in [2.05, 4.69) is 22.1 Å². The lowest BCUT2D eigenvalue weighted by Gasteiger charge is -2.42. The van der Waals surface area contributed by atoms with Crippen molar-refractivity contribution in [2.24, 2.45) is 11.7 Å². The number of nitrogens with one attached hydrogen (secondary N) is 1. The van der Waals surface area contributed by atoms with Crippen molar-refractivity contribution in [1.29, 1.82) is 0 Å². The molecule has 2 amide bonds. The van der Waals surface area contributed by atoms with Gasteiger partial charge in [-0.2, -0.15) is 0 Å². The number of hydrogen-bond donors (Lipinski definition) is 2. The zero-order valence-corrected chi connectivity index (χ0v) is 20.5. The van der Waals surface area contributed by atoms with Crippen LogP contribution >= 0.6 is 0 Å². The molecule has 0 bridgehead atoms. The number of fused-ring (bicyclic) bond motifs is 1. The number of pyridine rings is 1. The highest BCUT2D eigenvalue weighted by Crippen LogP contribution is 2.41. The molecule has 1 saturated heterocycles. The molecule has 1 aliphatic carbocycles. The van der Waals surface area contributed by atoms with Crippen LogP contribution in [-0.4, -0.2) is 55.6 Å². The third-order valence-electron chi connectivity index (χ3n) is 6.36. The number of methoxy groups -OCH3 is 2. The molecule has 2 aliphatic rings. The first-order valence-electron chi connectivity index (χ1n) is 11.7. The number of carbonyl (C=O) groups is 2. The van der Waals surface area contributed by atoms with Crippen molar-refractivity contribution in [3.63, 3.8) is 0 Å². The van der Waals surface area contributed by atoms with E-state index < -0.39 is 11.7 Å². The second-order valence-corrected chi connectivity index (χ2v) is 9.21. The summed E-state index contributed by atoms with van der Waals surface area (Å²) in [7, 11) is 3.25. The molecule has 9 heteroatoms. The van der Waals surface area contributed by atoms with Gasteiger partial charge < -0.3 is 30.0 Å². The van der Waals surface area contributed by atoms with E-state index in [0.717, 1.165) is 0 Å². The van der Waals surface area contributed by atoms with E-state index in [-0.39, 0.29) is 36.1 Å². The van der Waals surface area contributed by atoms with Crippen LogP contribution in [0.25, 0.3) is 10.8 Å². The minimum atomic E-state index is -0.599. The van der Waals surface area contributed by atoms with E-state index in [9.17, 15) is 9.59 Å². The van der Waals surface area contributed by atoms with E-state index in [0.29, 0.717) is 53.6 Å². The van der Waals surface area contributed by atoms with Crippen molar-refractivity contribution in [3.8, 4) is 23.5 Å². The first-order chi connectivity index (χ1) is 16.7. The van der Waals surface area contributed by atoms with Gasteiger partial charge in [-0.3, -0.25) is 9.59 Å². The molecule has 1 saturated carbocycles. The van der Waals surface area contributed by atoms with Crippen LogP contribution in [0, 0.1) is 17.8 Å². The molecule has 186 valence electrons. The highest BCUT2D eigenvalue weighted by atomic mass is 16.7. The van der Waals surface area contributed by atoms with Crippen molar-refractivity contribution < 1.29 is 28.5 Å². The fourth-order valence-electron chi connectivity index (χ4n) is 4.37. The molecule has 1 aromatic carbocycles. The average molecular weight is 482 g/mol. The first-order valence-corrected chi connectivity index (χ1v) is 11.7. The van der Waals surface area contributed by atoms with Gasteiger partial charge in [-0.15, -0.1) is 0 Å². The average Bonchev–Trinajstić information content (AvgIpc) is 3.21. The Morgan fingerprint density at radius 3 is 2.60 bits per heavy atom. The Hall–Kier alpha value is -3.35. The Bertz CT molecular complexity index is 1190. The largest absolute Gasteiger partial charge is 0.490 e. The fourth-order valence-corrected chi connectivity index (χ4v) is 4.37. The van der Waals surface area contributed by atoms with Gasteiger partial charge in [0, 0.05) is 56.4 Å². The molecule has 1 aromatic heterocycles. The summed E-state index contributed by atoms with van der Waals surface area (Å²) in [5.74, 6) is 6.15. The maximum absolute atomic E-state index is 12.2. The van der Waals surface area contributed by atoms with Crippen LogP contribution in [0.4, 0.5) is 0 Å². The summed E-state index contributed by atoms with van der Waals surface area (Å²) < 4.78 is 22.8. The van der Waals surface area contributed by atoms with Gasteiger partial charge in [0.15, 0.2) is 5.79 Å². The molecule has 2 fully saturated rings. The van der Waals surface area contributed by atoms with Gasteiger partial charge in [-0.25, -0.2) is 4.98 Å². The zero-order valence-electron chi connectivity index (χ0n) is 20.5. The zero-order chi connectivity index (χ0) is 25.2. The topological polar surface area (TPSA) is 122 Å². The van der Waals surface area contributed by atoms with Gasteiger partial charge in [0.25, 0.3) is 5.91 Å². The molecule has 2 aromatic rings. The molecule has 1 aliphatic heterocycles. The SMILES string of the molecule is COC1(OC)CC(C#Cc2cnc(OCC3CCC(=O)N3)c3cc(OC(C)C)c(C(N)=O)cc23)C1. The molecule has 1 unspecified atom stereocenters. The number of carbonyl (C=O) groups excluding carboxylic acids is 2. The number of hydrogen-bond acceptors (Lipinski definition) is 7. The number of rotatable bonds is 8. The molecule has 0 spiro atoms. The number of nitrogens with two attached hydrogens (primary N) is 1. The van der Waals surface area contributed by atoms with Crippen LogP contribution < -0.4 is 20.5 Å². The lowest BCUT2D eigenvalue weighted by molar-refractivity contribution is -0.261. The summed E-state index contributed by atoms with van der Waals surface area (Å²) in [6.07, 6.45) is 4.00. The highest BCUT2D eigenvalue weighted by molar-refractivity contribution is 6.03. The molecule has 9 nitrogen and oxygen atoms in total. The van der Waals surface area contributed by atoms with Crippen LogP contribution in [0.1, 0.15) is 55.5 Å². The van der Waals surface area contributed by atoms with E-state index in [1.165, 1.54) is 0 Å². The van der Waals surface area contributed by atoms with Crippen LogP contribution in [0.2, 0.25) is 0 Å². The summed E-state index contributed by atoms with van der Waals surface area (Å²) >= 11 is 0. The van der Waals surface area contributed by atoms with Gasteiger partial charge in [-0.05, 0) is 32.4 Å². The minimum absolute atomic E-state index is 0.0164. The molecule has 2 heterocycles. The Labute approximate surface area is 204 Å². The first kappa shape index (κ1) is 24.8. The second-order valence-electron chi connectivity index (χ2n) is 9.21. The highest BCUT2D eigenvalue weighted by Gasteiger charge is 2.44. The third-order valence-corrected chi connectivity index (χ3v) is 6.36. The second kappa shape index (κ2) is 10.1. The quantitative estimate of drug-likeness (QED) is 0.439. The summed E-state index contributed by atoms with van der Waals surface area (Å²) in [4.78, 5) is 28.3. The monoisotopic (exact) mass is 481 g/mol. The van der Waals surface area contributed by atoms with Crippen LogP contribution in [0.15, 0.2) is 18.3 Å². The number of primary amides is 1. The maximum atomic E-state index is 12.2. The summed E-state index contributed by atoms with van der Waals surface area (Å²) in [6.45, 7) is 4.02. The van der Waals surface area contributed by atoms with Gasteiger partial charge >= 0.3 is 0 Å². The van der Waals surface area contributed by atoms with Crippen LogP contribution in [0.3, 0.4) is 0 Å². The normalized spacial score (nSPS) is 19.1. The summed E-state index contributed by atoms with van der Waals surface area (Å²) in [5, 5.41) is 4.22. The van der Waals surface area contributed by atoms with Crippen molar-refractivity contribution in [2.75, 3.05) is 20.8 Å². The van der Waals surface area contributed by atoms with Gasteiger partial charge in [0.05, 0.1) is 23.3 Å². The van der Waals surface area contributed by atoms with Crippen molar-refractivity contribution in [1.82, 2.24) is 10.3 Å². The number of aromatic nitrogens is 1. The molecule has 3 N–H and O–H groups in total. The minimum Gasteiger partial charge on any atom is -0.490 e. The van der Waals surface area contributed by atoms with Gasteiger partial charge in [0.1, 0.15) is 12.4 Å². The molecule has 35 heavy (non-hydrogen) atoms. The van der Waals surface area contributed by atoms with Gasteiger partial charge in [0.2, 0.25) is 11.8 Å². The predicted octanol–water partition coefficient (Wildman–Crippen LogP) is 2.53. The van der Waals surface area contributed by atoms with Crippen molar-refractivity contribution >= 4 is 22.6 Å². The van der Waals surface area contributed by atoms with E-state index >= 15 is 0 Å². The standard InChI is InChI=1S/C26H31N3O6/c1-15(2)35-22-10-20-19(9-21(22)24(27)31)17(6-5-16-11-26(12-16,32-3)33-4)13-28-25(20)34-14-18-7-8-23(30)29-18/h9-10,13,15-16,18H,7-8,11-12,14H2,1-4H3,(H2,27,31)(H,29,30). The van der Waals surface area contributed by atoms with Crippen LogP contribution in [0.5, 0.6) is 11.6 Å². The lowest BCUT2D eigenvalue weighted by atomic mass is 9.79. The van der Waals surface area contributed by atoms with E-state index in [4.69, 9.17) is 24.7 Å². The Balaban J connectivity index is 1.70. The van der Waals surface area contributed by atoms with Crippen molar-refractivity contribution in [3.05, 3.63) is 29.5 Å². The Morgan fingerprint density at radius 2 is 2.00 bits per heavy atom. The van der Waals surface area contributed by atoms with Crippen molar-refractivity contribution in [2.45, 2.75) is 57.5 Å². The molecule has 0 radical (unpaired) electrons. The third kappa shape index (κ3) is 5.34. The fraction of sp³-hybridized carbons (Fsp3) is 0.500. The van der Waals surface area contributed by atoms with E-state index in [1.807, 2.05) is 13.8 Å². The Kier molecular flexibility index (Phi) is 7.15. The maximum Gasteiger partial charge on any atom is 0.252 e. The summed E-state index contributed by atoms with van der Waals surface area (Å²) in [5.41, 5.74) is 6.57. The number of benzene rings is 1. The molecular formula is C26H31N3O6. The number of amides is 2. The number of ether oxygens (including phenoxy) is 4. The van der Waals surface area contributed by atoms with E-state index in [1.54, 1.807) is 32.5 Å². The molecule has 4 rings (SSSR count).